The van der Waals surface area contributed by atoms with Gasteiger partial charge < -0.3 is 4.57 Å². The van der Waals surface area contributed by atoms with Crippen molar-refractivity contribution >= 4 is 0 Å². The van der Waals surface area contributed by atoms with E-state index in [9.17, 15) is 0 Å². The molecule has 3 atom stereocenters. The third-order valence-electron chi connectivity index (χ3n) is 4.73. The Morgan fingerprint density at radius 1 is 0.913 bits per heavy atom. The van der Waals surface area contributed by atoms with Crippen molar-refractivity contribution in [3.63, 3.8) is 0 Å². The molecule has 1 heterocycles. The van der Waals surface area contributed by atoms with Gasteiger partial charge in [-0.3, -0.25) is 0 Å². The Labute approximate surface area is 145 Å². The Hall–Kier alpha value is -0.790. The summed E-state index contributed by atoms with van der Waals surface area (Å²) in [5, 5.41) is 0. The van der Waals surface area contributed by atoms with E-state index in [0.29, 0.717) is 10.8 Å². The molecular weight excluding hydrogens is 280 g/mol. The lowest BCUT2D eigenvalue weighted by Crippen LogP contribution is -2.23. The molecule has 134 valence electrons. The molecule has 0 aromatic carbocycles. The van der Waals surface area contributed by atoms with Crippen LogP contribution in [0.2, 0.25) is 0 Å². The lowest BCUT2D eigenvalue weighted by molar-refractivity contribution is 0.194. The Morgan fingerprint density at radius 3 is 2.00 bits per heavy atom. The van der Waals surface area contributed by atoms with Gasteiger partial charge in [0, 0.05) is 18.9 Å². The molecule has 0 fully saturated rings. The number of imidazole rings is 1. The van der Waals surface area contributed by atoms with E-state index >= 15 is 0 Å². The van der Waals surface area contributed by atoms with Crippen molar-refractivity contribution < 1.29 is 0 Å². The average molecular weight is 321 g/mol. The molecule has 23 heavy (non-hydrogen) atoms. The molecule has 0 amide bonds. The highest BCUT2D eigenvalue weighted by Crippen LogP contribution is 2.34. The fraction of sp³-hybridized carbons (Fsp3) is 0.857. The van der Waals surface area contributed by atoms with Gasteiger partial charge in [-0.05, 0) is 47.8 Å². The van der Waals surface area contributed by atoms with Crippen molar-refractivity contribution in [3.8, 4) is 0 Å². The van der Waals surface area contributed by atoms with Crippen molar-refractivity contribution in [1.29, 1.82) is 0 Å². The van der Waals surface area contributed by atoms with Crippen LogP contribution >= 0.6 is 0 Å². The van der Waals surface area contributed by atoms with Crippen molar-refractivity contribution in [1.82, 2.24) is 9.55 Å². The molecule has 0 saturated carbocycles. The lowest BCUT2D eigenvalue weighted by Gasteiger charge is -2.31. The molecule has 0 bridgehead atoms. The largest absolute Gasteiger partial charge is 0.337 e. The molecular formula is C21H40N2. The average Bonchev–Trinajstić information content (AvgIpc) is 2.82. The maximum atomic E-state index is 4.22. The molecule has 1 aromatic heterocycles. The molecule has 1 rings (SSSR count). The maximum absolute atomic E-state index is 4.22. The van der Waals surface area contributed by atoms with Crippen LogP contribution in [0.25, 0.3) is 0 Å². The second-order valence-electron chi connectivity index (χ2n) is 10.2. The highest BCUT2D eigenvalue weighted by molar-refractivity contribution is 4.80. The van der Waals surface area contributed by atoms with Crippen LogP contribution in [0.1, 0.15) is 81.1 Å². The summed E-state index contributed by atoms with van der Waals surface area (Å²) in [7, 11) is 0. The number of hydrogen-bond acceptors (Lipinski definition) is 1. The molecule has 0 aliphatic heterocycles. The Kier molecular flexibility index (Phi) is 7.35. The van der Waals surface area contributed by atoms with Gasteiger partial charge in [0.15, 0.2) is 0 Å². The Balaban J connectivity index is 2.63. The minimum absolute atomic E-state index is 0.406. The van der Waals surface area contributed by atoms with E-state index in [-0.39, 0.29) is 0 Å². The van der Waals surface area contributed by atoms with Crippen molar-refractivity contribution in [2.24, 2.45) is 28.6 Å². The molecule has 1 aromatic rings. The second-order valence-corrected chi connectivity index (χ2v) is 10.2. The van der Waals surface area contributed by atoms with E-state index < -0.39 is 0 Å². The quantitative estimate of drug-likeness (QED) is 0.540. The van der Waals surface area contributed by atoms with Crippen LogP contribution in [0.3, 0.4) is 0 Å². The highest BCUT2D eigenvalue weighted by atomic mass is 15.0. The first-order chi connectivity index (χ1) is 10.5. The number of hydrogen-bond donors (Lipinski definition) is 0. The minimum atomic E-state index is 0.406. The van der Waals surface area contributed by atoms with Gasteiger partial charge in [-0.1, -0.05) is 61.8 Å². The second kappa shape index (κ2) is 8.35. The van der Waals surface area contributed by atoms with Crippen LogP contribution in [0.4, 0.5) is 0 Å². The van der Waals surface area contributed by atoms with Crippen LogP contribution < -0.4 is 0 Å². The molecule has 0 spiro atoms. The summed E-state index contributed by atoms with van der Waals surface area (Å²) < 4.78 is 2.26. The molecule has 0 N–H and O–H groups in total. The smallest absolute Gasteiger partial charge is 0.0945 e. The molecule has 0 aliphatic rings. The first kappa shape index (κ1) is 20.3. The molecule has 2 heteroatoms. The zero-order valence-electron chi connectivity index (χ0n) is 16.9. The van der Waals surface area contributed by atoms with Gasteiger partial charge in [-0.15, -0.1) is 0 Å². The fourth-order valence-electron chi connectivity index (χ4n) is 4.00. The summed E-state index contributed by atoms with van der Waals surface area (Å²) in [5.74, 6) is 2.30. The molecule has 0 saturated heterocycles. The summed E-state index contributed by atoms with van der Waals surface area (Å²) in [6.07, 6.45) is 11.2. The minimum Gasteiger partial charge on any atom is -0.337 e. The summed E-state index contributed by atoms with van der Waals surface area (Å²) in [6, 6.07) is 0. The number of nitrogens with zero attached hydrogens (tertiary/aromatic N) is 2. The van der Waals surface area contributed by atoms with E-state index in [4.69, 9.17) is 0 Å². The Morgan fingerprint density at radius 2 is 1.52 bits per heavy atom. The van der Waals surface area contributed by atoms with Crippen LogP contribution in [-0.4, -0.2) is 9.55 Å². The molecule has 0 radical (unpaired) electrons. The highest BCUT2D eigenvalue weighted by Gasteiger charge is 2.24. The number of rotatable bonds is 8. The van der Waals surface area contributed by atoms with Gasteiger partial charge in [0.25, 0.3) is 0 Å². The molecule has 3 unspecified atom stereocenters. The van der Waals surface area contributed by atoms with E-state index in [1.54, 1.807) is 0 Å². The predicted molar refractivity (Wildman–Crippen MR) is 101 cm³/mol. The van der Waals surface area contributed by atoms with Gasteiger partial charge in [-0.2, -0.15) is 0 Å². The summed E-state index contributed by atoms with van der Waals surface area (Å²) >= 11 is 0. The lowest BCUT2D eigenvalue weighted by atomic mass is 9.76. The van der Waals surface area contributed by atoms with E-state index in [1.165, 1.54) is 25.7 Å². The van der Waals surface area contributed by atoms with Gasteiger partial charge in [-0.25, -0.2) is 4.98 Å². The predicted octanol–water partition coefficient (Wildman–Crippen LogP) is 6.42. The Bertz CT molecular complexity index is 420. The summed E-state index contributed by atoms with van der Waals surface area (Å²) in [5.41, 5.74) is 0.847. The van der Waals surface area contributed by atoms with E-state index in [1.807, 2.05) is 12.5 Å². The van der Waals surface area contributed by atoms with Crippen LogP contribution in [-0.2, 0) is 6.54 Å². The number of aromatic nitrogens is 2. The SMILES string of the molecule is CC(CCC(Cn1ccnc1)C(C)CC(C)(C)C)CC(C)(C)C. The fourth-order valence-corrected chi connectivity index (χ4v) is 4.00. The zero-order chi connectivity index (χ0) is 17.7. The van der Waals surface area contributed by atoms with Crippen molar-refractivity contribution in [2.45, 2.75) is 87.6 Å². The summed E-state index contributed by atoms with van der Waals surface area (Å²) in [6.45, 7) is 20.1. The normalized spacial score (nSPS) is 17.0. The van der Waals surface area contributed by atoms with Crippen LogP contribution in [0, 0.1) is 28.6 Å². The molecule has 0 aliphatic carbocycles. The third-order valence-corrected chi connectivity index (χ3v) is 4.73. The summed E-state index contributed by atoms with van der Waals surface area (Å²) in [4.78, 5) is 4.22. The van der Waals surface area contributed by atoms with Gasteiger partial charge >= 0.3 is 0 Å². The van der Waals surface area contributed by atoms with Crippen molar-refractivity contribution in [3.05, 3.63) is 18.7 Å². The van der Waals surface area contributed by atoms with E-state index in [2.05, 4.69) is 71.1 Å². The van der Waals surface area contributed by atoms with Crippen molar-refractivity contribution in [2.75, 3.05) is 0 Å². The first-order valence-electron chi connectivity index (χ1n) is 9.42. The standard InChI is InChI=1S/C21H40N2/c1-17(13-20(3,4)5)9-10-19(15-23-12-11-22-16-23)18(2)14-21(6,7)8/h11-12,16-19H,9-10,13-15H2,1-8H3. The zero-order valence-corrected chi connectivity index (χ0v) is 16.9. The molecule has 2 nitrogen and oxygen atoms in total. The van der Waals surface area contributed by atoms with Crippen LogP contribution in [0.5, 0.6) is 0 Å². The third kappa shape index (κ3) is 9.17. The monoisotopic (exact) mass is 320 g/mol. The van der Waals surface area contributed by atoms with Crippen LogP contribution in [0.15, 0.2) is 18.7 Å². The first-order valence-corrected chi connectivity index (χ1v) is 9.42. The van der Waals surface area contributed by atoms with Gasteiger partial charge in [0.05, 0.1) is 6.33 Å². The van der Waals surface area contributed by atoms with Gasteiger partial charge in [0.1, 0.15) is 0 Å². The van der Waals surface area contributed by atoms with Gasteiger partial charge in [0.2, 0.25) is 0 Å². The maximum Gasteiger partial charge on any atom is 0.0945 e. The van der Waals surface area contributed by atoms with E-state index in [0.717, 1.165) is 24.3 Å². The topological polar surface area (TPSA) is 17.8 Å².